The SMILES string of the molecule is C.C.C.CC.C[SiH](C)N.C[Si](C)(C)N. The Morgan fingerprint density at radius 2 is 0.857 bits per heavy atom. The van der Waals surface area contributed by atoms with Crippen LogP contribution in [-0.4, -0.2) is 17.2 Å². The van der Waals surface area contributed by atoms with Gasteiger partial charge in [-0.15, -0.1) is 0 Å². The monoisotopic (exact) mass is 242 g/mol. The van der Waals surface area contributed by atoms with Gasteiger partial charge in [-0.05, 0) is 0 Å². The van der Waals surface area contributed by atoms with E-state index in [0.29, 0.717) is 0 Å². The second-order valence-corrected chi connectivity index (χ2v) is 10.8. The molecule has 0 unspecified atom stereocenters. The predicted octanol–water partition coefficient (Wildman–Crippen LogP) is 3.64. The molecule has 0 saturated carbocycles. The van der Waals surface area contributed by atoms with E-state index in [1.54, 1.807) is 0 Å². The van der Waals surface area contributed by atoms with E-state index in [0.717, 1.165) is 0 Å². The highest BCUT2D eigenvalue weighted by molar-refractivity contribution is 6.72. The molecule has 0 aromatic rings. The number of nitrogens with two attached hydrogens (primary N) is 2. The molecular weight excluding hydrogens is 204 g/mol. The largest absolute Gasteiger partial charge is 0.353 e. The molecule has 0 atom stereocenters. The zero-order valence-corrected chi connectivity index (χ0v) is 11.4. The van der Waals surface area contributed by atoms with Gasteiger partial charge in [-0.2, -0.15) is 0 Å². The maximum Gasteiger partial charge on any atom is 0.113 e. The summed E-state index contributed by atoms with van der Waals surface area (Å²) < 4.78 is 0. The summed E-state index contributed by atoms with van der Waals surface area (Å²) in [5, 5.41) is 10.7. The maximum absolute atomic E-state index is 5.49. The highest BCUT2D eigenvalue weighted by Gasteiger charge is 2.00. The zero-order chi connectivity index (χ0) is 10.1. The molecule has 4 heteroatoms. The minimum Gasteiger partial charge on any atom is -0.353 e. The lowest BCUT2D eigenvalue weighted by Crippen LogP contribution is -2.32. The average molecular weight is 243 g/mol. The molecule has 0 saturated heterocycles. The first-order chi connectivity index (χ1) is 4.73. The van der Waals surface area contributed by atoms with Crippen LogP contribution < -0.4 is 10.8 Å². The van der Waals surface area contributed by atoms with Gasteiger partial charge in [0.05, 0.1) is 8.96 Å². The van der Waals surface area contributed by atoms with Crippen molar-refractivity contribution < 1.29 is 0 Å². The second kappa shape index (κ2) is 23.3. The Hall–Kier alpha value is 0.354. The van der Waals surface area contributed by atoms with E-state index in [9.17, 15) is 0 Å². The quantitative estimate of drug-likeness (QED) is 0.637. The first kappa shape index (κ1) is 36.7. The third-order valence-electron chi connectivity index (χ3n) is 0. The van der Waals surface area contributed by atoms with Gasteiger partial charge in [-0.1, -0.05) is 68.9 Å². The van der Waals surface area contributed by atoms with Crippen molar-refractivity contribution in [1.82, 2.24) is 0 Å². The fraction of sp³-hybridized carbons (Fsp3) is 1.00. The molecule has 0 heterocycles. The van der Waals surface area contributed by atoms with Crippen LogP contribution in [0.1, 0.15) is 36.1 Å². The van der Waals surface area contributed by atoms with Crippen LogP contribution >= 0.6 is 0 Å². The van der Waals surface area contributed by atoms with Crippen molar-refractivity contribution in [3.8, 4) is 0 Å². The summed E-state index contributed by atoms with van der Waals surface area (Å²) in [6, 6.07) is 0. The second-order valence-electron chi connectivity index (χ2n) is 3.61. The number of rotatable bonds is 0. The van der Waals surface area contributed by atoms with Crippen LogP contribution in [0, 0.1) is 0 Å². The molecule has 0 aromatic carbocycles. The summed E-state index contributed by atoms with van der Waals surface area (Å²) in [4.78, 5) is 0. The summed E-state index contributed by atoms with van der Waals surface area (Å²) >= 11 is 0. The van der Waals surface area contributed by atoms with Crippen molar-refractivity contribution >= 4 is 17.2 Å². The van der Waals surface area contributed by atoms with E-state index in [1.165, 1.54) is 0 Å². The lowest BCUT2D eigenvalue weighted by molar-refractivity contribution is 1.50. The fourth-order valence-electron chi connectivity index (χ4n) is 0. The van der Waals surface area contributed by atoms with Crippen LogP contribution in [0.2, 0.25) is 32.7 Å². The maximum atomic E-state index is 5.49. The van der Waals surface area contributed by atoms with Gasteiger partial charge in [0.25, 0.3) is 0 Å². The summed E-state index contributed by atoms with van der Waals surface area (Å²) in [7, 11) is -1.75. The van der Waals surface area contributed by atoms with Gasteiger partial charge in [0.15, 0.2) is 0 Å². The first-order valence-electron chi connectivity index (χ1n) is 4.28. The Labute approximate surface area is 97.3 Å². The van der Waals surface area contributed by atoms with Crippen molar-refractivity contribution in [2.24, 2.45) is 10.8 Å². The summed E-state index contributed by atoms with van der Waals surface area (Å²) in [6.45, 7) is 14.5. The Kier molecular flexibility index (Phi) is 61.0. The Bertz CT molecular complexity index is 52.9. The van der Waals surface area contributed by atoms with E-state index in [4.69, 9.17) is 10.8 Å². The Balaban J connectivity index is -0.0000000166. The lowest BCUT2D eigenvalue weighted by atomic mass is 11.0. The van der Waals surface area contributed by atoms with E-state index < -0.39 is 17.2 Å². The molecule has 0 rings (SSSR count). The summed E-state index contributed by atoms with van der Waals surface area (Å²) in [6.07, 6.45) is 0. The lowest BCUT2D eigenvalue weighted by Gasteiger charge is -2.02. The minimum atomic E-state index is -1.11. The molecule has 0 bridgehead atoms. The molecule has 0 amide bonds. The minimum absolute atomic E-state index is 0. The van der Waals surface area contributed by atoms with Gasteiger partial charge in [-0.25, -0.2) is 0 Å². The van der Waals surface area contributed by atoms with E-state index >= 15 is 0 Å². The highest BCUT2D eigenvalue weighted by Crippen LogP contribution is 1.83. The summed E-state index contributed by atoms with van der Waals surface area (Å²) in [5.74, 6) is 0. The molecule has 2 nitrogen and oxygen atoms in total. The van der Waals surface area contributed by atoms with Crippen molar-refractivity contribution in [3.05, 3.63) is 0 Å². The molecule has 0 spiro atoms. The Morgan fingerprint density at radius 3 is 0.857 bits per heavy atom. The number of hydrogen-bond acceptors (Lipinski definition) is 2. The van der Waals surface area contributed by atoms with Crippen LogP contribution in [0.25, 0.3) is 0 Å². The van der Waals surface area contributed by atoms with E-state index in [-0.39, 0.29) is 22.3 Å². The van der Waals surface area contributed by atoms with Crippen molar-refractivity contribution in [2.45, 2.75) is 68.9 Å². The van der Waals surface area contributed by atoms with Crippen LogP contribution in [0.3, 0.4) is 0 Å². The first-order valence-corrected chi connectivity index (χ1v) is 10.8. The molecule has 0 radical (unpaired) electrons. The fourth-order valence-corrected chi connectivity index (χ4v) is 0. The van der Waals surface area contributed by atoms with Crippen LogP contribution in [0.4, 0.5) is 0 Å². The Morgan fingerprint density at radius 1 is 0.857 bits per heavy atom. The third kappa shape index (κ3) is 12700. The normalized spacial score (nSPS) is 7.29. The van der Waals surface area contributed by atoms with E-state index in [2.05, 4.69) is 32.7 Å². The molecule has 0 aliphatic rings. The van der Waals surface area contributed by atoms with Crippen molar-refractivity contribution in [1.29, 1.82) is 0 Å². The standard InChI is InChI=1S/C3H11NSi.C2H9NSi.C2H6.3CH4/c1-5(2,3)4;1-4(2)3;1-2;;;/h4H2,1-3H3;4H,3H2,1-2H3;1-2H3;3*1H4. The van der Waals surface area contributed by atoms with Crippen LogP contribution in [0.5, 0.6) is 0 Å². The van der Waals surface area contributed by atoms with Gasteiger partial charge in [0.1, 0.15) is 8.24 Å². The molecule has 14 heavy (non-hydrogen) atoms. The highest BCUT2D eigenvalue weighted by atomic mass is 28.3. The van der Waals surface area contributed by atoms with Gasteiger partial charge in [0, 0.05) is 0 Å². The van der Waals surface area contributed by atoms with Gasteiger partial charge in [0.2, 0.25) is 0 Å². The van der Waals surface area contributed by atoms with Crippen molar-refractivity contribution in [3.63, 3.8) is 0 Å². The van der Waals surface area contributed by atoms with Crippen LogP contribution in [-0.2, 0) is 0 Å². The zero-order valence-electron chi connectivity index (χ0n) is 9.23. The molecule has 0 aliphatic carbocycles. The molecule has 0 aromatic heterocycles. The molecule has 0 fully saturated rings. The topological polar surface area (TPSA) is 52.0 Å². The van der Waals surface area contributed by atoms with Crippen molar-refractivity contribution in [2.75, 3.05) is 0 Å². The third-order valence-corrected chi connectivity index (χ3v) is 0. The predicted molar refractivity (Wildman–Crippen MR) is 82.1 cm³/mol. The van der Waals surface area contributed by atoms with Gasteiger partial charge < -0.3 is 10.8 Å². The van der Waals surface area contributed by atoms with Gasteiger partial charge in [-0.3, -0.25) is 0 Å². The van der Waals surface area contributed by atoms with Crippen LogP contribution in [0.15, 0.2) is 0 Å². The van der Waals surface area contributed by atoms with E-state index in [1.807, 2.05) is 13.8 Å². The molecular formula is C10H38N2Si2. The smallest absolute Gasteiger partial charge is 0.113 e. The van der Waals surface area contributed by atoms with Gasteiger partial charge >= 0.3 is 0 Å². The summed E-state index contributed by atoms with van der Waals surface area (Å²) in [5.41, 5.74) is 0. The number of hydrogen-bond donors (Lipinski definition) is 2. The molecule has 96 valence electrons. The molecule has 4 N–H and O–H groups in total. The molecule has 0 aliphatic heterocycles. The average Bonchev–Trinajstić information content (AvgIpc) is 1.63.